The van der Waals surface area contributed by atoms with Gasteiger partial charge in [-0.3, -0.25) is 4.68 Å². The lowest BCUT2D eigenvalue weighted by Gasteiger charge is -2.20. The highest BCUT2D eigenvalue weighted by Gasteiger charge is 2.16. The van der Waals surface area contributed by atoms with Gasteiger partial charge < -0.3 is 5.32 Å². The topological polar surface area (TPSA) is 29.9 Å². The van der Waals surface area contributed by atoms with E-state index in [1.165, 1.54) is 15.6 Å². The Kier molecular flexibility index (Phi) is 5.59. The monoisotopic (exact) mass is 349 g/mol. The van der Waals surface area contributed by atoms with Gasteiger partial charge >= 0.3 is 0 Å². The van der Waals surface area contributed by atoms with Gasteiger partial charge in [0.25, 0.3) is 0 Å². The van der Waals surface area contributed by atoms with Crippen molar-refractivity contribution in [1.82, 2.24) is 15.1 Å². The fraction of sp³-hybridized carbons (Fsp3) is 0.471. The SMILES string of the molecule is CCNC(Cc1ccn(C(C)C)n1)c1cccc(C)c1Br. The molecule has 0 radical (unpaired) electrons. The van der Waals surface area contributed by atoms with Crippen molar-refractivity contribution in [1.29, 1.82) is 0 Å². The summed E-state index contributed by atoms with van der Waals surface area (Å²) in [5, 5.41) is 8.25. The van der Waals surface area contributed by atoms with Crippen LogP contribution in [0.15, 0.2) is 34.9 Å². The summed E-state index contributed by atoms with van der Waals surface area (Å²) < 4.78 is 3.21. The smallest absolute Gasteiger partial charge is 0.0643 e. The zero-order valence-electron chi connectivity index (χ0n) is 13.2. The third-order valence-corrected chi connectivity index (χ3v) is 4.74. The molecule has 2 rings (SSSR count). The number of hydrogen-bond donors (Lipinski definition) is 1. The molecule has 4 heteroatoms. The van der Waals surface area contributed by atoms with E-state index in [9.17, 15) is 0 Å². The van der Waals surface area contributed by atoms with Crippen molar-refractivity contribution in [3.8, 4) is 0 Å². The summed E-state index contributed by atoms with van der Waals surface area (Å²) in [7, 11) is 0. The van der Waals surface area contributed by atoms with Gasteiger partial charge in [0, 0.05) is 29.2 Å². The van der Waals surface area contributed by atoms with Gasteiger partial charge in [-0.25, -0.2) is 0 Å². The van der Waals surface area contributed by atoms with E-state index in [1.54, 1.807) is 0 Å². The maximum atomic E-state index is 4.67. The lowest BCUT2D eigenvalue weighted by molar-refractivity contribution is 0.506. The number of nitrogens with zero attached hydrogens (tertiary/aromatic N) is 2. The van der Waals surface area contributed by atoms with Gasteiger partial charge in [0.2, 0.25) is 0 Å². The molecule has 3 nitrogen and oxygen atoms in total. The van der Waals surface area contributed by atoms with Crippen LogP contribution in [0.4, 0.5) is 0 Å². The zero-order valence-corrected chi connectivity index (χ0v) is 14.8. The minimum absolute atomic E-state index is 0.278. The molecule has 21 heavy (non-hydrogen) atoms. The van der Waals surface area contributed by atoms with Crippen LogP contribution in [-0.2, 0) is 6.42 Å². The summed E-state index contributed by atoms with van der Waals surface area (Å²) in [4.78, 5) is 0. The normalized spacial score (nSPS) is 12.9. The molecular formula is C17H24BrN3. The Bertz CT molecular complexity index is 589. The summed E-state index contributed by atoms with van der Waals surface area (Å²) in [5.41, 5.74) is 3.70. The highest BCUT2D eigenvalue weighted by molar-refractivity contribution is 9.10. The summed E-state index contributed by atoms with van der Waals surface area (Å²) in [6.45, 7) is 9.51. The van der Waals surface area contributed by atoms with E-state index in [2.05, 4.69) is 84.5 Å². The second-order valence-corrected chi connectivity index (χ2v) is 6.47. The fourth-order valence-corrected chi connectivity index (χ4v) is 3.00. The number of halogens is 1. The molecule has 1 atom stereocenters. The third kappa shape index (κ3) is 3.95. The number of aryl methyl sites for hydroxylation is 1. The van der Waals surface area contributed by atoms with Crippen molar-refractivity contribution in [2.75, 3.05) is 6.54 Å². The first-order valence-electron chi connectivity index (χ1n) is 7.55. The van der Waals surface area contributed by atoms with E-state index in [0.29, 0.717) is 6.04 Å². The van der Waals surface area contributed by atoms with Crippen molar-refractivity contribution >= 4 is 15.9 Å². The average molecular weight is 350 g/mol. The lowest BCUT2D eigenvalue weighted by Crippen LogP contribution is -2.23. The Morgan fingerprint density at radius 3 is 2.67 bits per heavy atom. The van der Waals surface area contributed by atoms with Crippen LogP contribution >= 0.6 is 15.9 Å². The van der Waals surface area contributed by atoms with E-state index in [4.69, 9.17) is 0 Å². The molecule has 0 saturated carbocycles. The maximum absolute atomic E-state index is 4.67. The second kappa shape index (κ2) is 7.23. The molecule has 1 unspecified atom stereocenters. The van der Waals surface area contributed by atoms with Crippen molar-refractivity contribution in [2.45, 2.75) is 46.2 Å². The Labute approximate surface area is 135 Å². The highest BCUT2D eigenvalue weighted by atomic mass is 79.9. The fourth-order valence-electron chi connectivity index (χ4n) is 2.46. The molecule has 1 heterocycles. The van der Waals surface area contributed by atoms with Crippen molar-refractivity contribution in [3.63, 3.8) is 0 Å². The molecule has 1 N–H and O–H groups in total. The first-order valence-corrected chi connectivity index (χ1v) is 8.34. The summed E-state index contributed by atoms with van der Waals surface area (Å²) in [6.07, 6.45) is 2.96. The average Bonchev–Trinajstić information content (AvgIpc) is 2.90. The largest absolute Gasteiger partial charge is 0.310 e. The summed E-state index contributed by atoms with van der Waals surface area (Å²) in [6, 6.07) is 9.23. The van der Waals surface area contributed by atoms with E-state index < -0.39 is 0 Å². The van der Waals surface area contributed by atoms with Gasteiger partial charge in [-0.15, -0.1) is 0 Å². The van der Waals surface area contributed by atoms with Gasteiger partial charge in [0.15, 0.2) is 0 Å². The Balaban J connectivity index is 2.24. The maximum Gasteiger partial charge on any atom is 0.0643 e. The molecule has 0 amide bonds. The van der Waals surface area contributed by atoms with E-state index in [-0.39, 0.29) is 6.04 Å². The molecule has 0 aliphatic carbocycles. The van der Waals surface area contributed by atoms with Crippen LogP contribution in [-0.4, -0.2) is 16.3 Å². The number of likely N-dealkylation sites (N-methyl/N-ethyl adjacent to an activating group) is 1. The van der Waals surface area contributed by atoms with Gasteiger partial charge in [-0.1, -0.05) is 41.1 Å². The van der Waals surface area contributed by atoms with Crippen LogP contribution in [0.1, 0.15) is 49.7 Å². The van der Waals surface area contributed by atoms with E-state index in [0.717, 1.165) is 18.7 Å². The third-order valence-electron chi connectivity index (χ3n) is 3.65. The minimum Gasteiger partial charge on any atom is -0.310 e. The van der Waals surface area contributed by atoms with Crippen molar-refractivity contribution in [2.24, 2.45) is 0 Å². The Morgan fingerprint density at radius 1 is 1.29 bits per heavy atom. The Hall–Kier alpha value is -1.13. The van der Waals surface area contributed by atoms with Crippen LogP contribution < -0.4 is 5.32 Å². The first-order chi connectivity index (χ1) is 10.0. The molecule has 0 bridgehead atoms. The molecule has 0 spiro atoms. The molecule has 1 aromatic carbocycles. The van der Waals surface area contributed by atoms with Crippen LogP contribution in [0.2, 0.25) is 0 Å². The molecule has 2 aromatic rings. The Morgan fingerprint density at radius 2 is 2.05 bits per heavy atom. The van der Waals surface area contributed by atoms with Crippen molar-refractivity contribution < 1.29 is 0 Å². The quantitative estimate of drug-likeness (QED) is 0.835. The second-order valence-electron chi connectivity index (χ2n) is 5.67. The van der Waals surface area contributed by atoms with Crippen LogP contribution in [0, 0.1) is 6.92 Å². The number of hydrogen-bond acceptors (Lipinski definition) is 2. The van der Waals surface area contributed by atoms with Gasteiger partial charge in [-0.05, 0) is 44.5 Å². The van der Waals surface area contributed by atoms with Gasteiger partial charge in [0.1, 0.15) is 0 Å². The highest BCUT2D eigenvalue weighted by Crippen LogP contribution is 2.28. The molecule has 1 aromatic heterocycles. The minimum atomic E-state index is 0.278. The van der Waals surface area contributed by atoms with Gasteiger partial charge in [0.05, 0.1) is 5.69 Å². The van der Waals surface area contributed by atoms with Crippen LogP contribution in [0.5, 0.6) is 0 Å². The number of rotatable bonds is 6. The molecule has 0 fully saturated rings. The van der Waals surface area contributed by atoms with Crippen molar-refractivity contribution in [3.05, 3.63) is 51.8 Å². The van der Waals surface area contributed by atoms with Crippen LogP contribution in [0.3, 0.4) is 0 Å². The predicted octanol–water partition coefficient (Wildman–Crippen LogP) is 4.43. The first kappa shape index (κ1) is 16.2. The molecule has 0 aliphatic rings. The van der Waals surface area contributed by atoms with Crippen LogP contribution in [0.25, 0.3) is 0 Å². The lowest BCUT2D eigenvalue weighted by atomic mass is 10.00. The van der Waals surface area contributed by atoms with E-state index in [1.807, 2.05) is 4.68 Å². The molecule has 114 valence electrons. The van der Waals surface area contributed by atoms with Gasteiger partial charge in [-0.2, -0.15) is 5.10 Å². The standard InChI is InChI=1S/C17H24BrN3/c1-5-19-16(15-8-6-7-13(4)17(15)18)11-14-9-10-21(20-14)12(2)3/h6-10,12,16,19H,5,11H2,1-4H3. The zero-order chi connectivity index (χ0) is 15.4. The molecular weight excluding hydrogens is 326 g/mol. The number of benzene rings is 1. The predicted molar refractivity (Wildman–Crippen MR) is 91.6 cm³/mol. The molecule has 0 saturated heterocycles. The van der Waals surface area contributed by atoms with E-state index >= 15 is 0 Å². The molecule has 0 aliphatic heterocycles. The summed E-state index contributed by atoms with van der Waals surface area (Å²) in [5.74, 6) is 0. The number of nitrogens with one attached hydrogen (secondary N) is 1. The number of aromatic nitrogens is 2. The summed E-state index contributed by atoms with van der Waals surface area (Å²) >= 11 is 3.73.